The lowest BCUT2D eigenvalue weighted by Crippen LogP contribution is -2.32. The van der Waals surface area contributed by atoms with Crippen molar-refractivity contribution < 1.29 is 14.3 Å². The molecule has 1 aromatic carbocycles. The van der Waals surface area contributed by atoms with Gasteiger partial charge in [0.25, 0.3) is 5.91 Å². The van der Waals surface area contributed by atoms with E-state index in [0.717, 1.165) is 19.5 Å². The number of nitrogens with one attached hydrogen (secondary N) is 2. The van der Waals surface area contributed by atoms with Crippen molar-refractivity contribution in [1.29, 1.82) is 0 Å². The fourth-order valence-corrected chi connectivity index (χ4v) is 1.65. The van der Waals surface area contributed by atoms with Crippen molar-refractivity contribution >= 4 is 5.91 Å². The highest BCUT2D eigenvalue weighted by Gasteiger charge is 2.12. The summed E-state index contributed by atoms with van der Waals surface area (Å²) in [6.07, 6.45) is 1.08. The van der Waals surface area contributed by atoms with Crippen LogP contribution in [0.4, 0.5) is 0 Å². The predicted octanol–water partition coefficient (Wildman–Crippen LogP) is 1.43. The Bertz CT molecular complexity index is 408. The zero-order valence-corrected chi connectivity index (χ0v) is 11.8. The van der Waals surface area contributed by atoms with Crippen molar-refractivity contribution in [3.63, 3.8) is 0 Å². The Labute approximate surface area is 114 Å². The van der Waals surface area contributed by atoms with Crippen LogP contribution in [0.25, 0.3) is 0 Å². The molecule has 0 aliphatic rings. The summed E-state index contributed by atoms with van der Waals surface area (Å²) < 4.78 is 10.3. The number of carbonyl (C=O) groups is 1. The Kier molecular flexibility index (Phi) is 6.74. The smallest absolute Gasteiger partial charge is 0.255 e. The quantitative estimate of drug-likeness (QED) is 0.699. The Balaban J connectivity index is 2.56. The highest BCUT2D eigenvalue weighted by Crippen LogP contribution is 2.24. The van der Waals surface area contributed by atoms with Gasteiger partial charge in [0.1, 0.15) is 11.5 Å². The van der Waals surface area contributed by atoms with E-state index in [4.69, 9.17) is 9.47 Å². The zero-order valence-electron chi connectivity index (χ0n) is 11.8. The first-order valence-electron chi connectivity index (χ1n) is 6.43. The molecule has 0 spiro atoms. The second-order valence-electron chi connectivity index (χ2n) is 4.07. The first kappa shape index (κ1) is 15.3. The molecule has 0 atom stereocenters. The minimum atomic E-state index is -0.141. The molecule has 0 saturated carbocycles. The predicted molar refractivity (Wildman–Crippen MR) is 75.0 cm³/mol. The second-order valence-corrected chi connectivity index (χ2v) is 4.07. The van der Waals surface area contributed by atoms with Crippen molar-refractivity contribution in [2.45, 2.75) is 13.3 Å². The third-order valence-corrected chi connectivity index (χ3v) is 2.67. The highest BCUT2D eigenvalue weighted by atomic mass is 16.5. The molecular formula is C14H22N2O3. The minimum Gasteiger partial charge on any atom is -0.497 e. The number of hydrogen-bond acceptors (Lipinski definition) is 4. The molecule has 0 aromatic heterocycles. The maximum Gasteiger partial charge on any atom is 0.255 e. The van der Waals surface area contributed by atoms with E-state index in [1.54, 1.807) is 25.3 Å². The largest absolute Gasteiger partial charge is 0.497 e. The molecule has 0 unspecified atom stereocenters. The van der Waals surface area contributed by atoms with E-state index in [9.17, 15) is 4.79 Å². The molecule has 0 bridgehead atoms. The van der Waals surface area contributed by atoms with Crippen molar-refractivity contribution in [2.24, 2.45) is 0 Å². The molecule has 0 radical (unpaired) electrons. The molecule has 0 saturated heterocycles. The minimum absolute atomic E-state index is 0.141. The number of benzene rings is 1. The first-order chi connectivity index (χ1) is 9.22. The van der Waals surface area contributed by atoms with Gasteiger partial charge < -0.3 is 20.1 Å². The summed E-state index contributed by atoms with van der Waals surface area (Å²) in [7, 11) is 3.11. The standard InChI is InChI=1S/C14H22N2O3/c1-4-7-15-8-9-16-14(17)12-6-5-11(18-2)10-13(12)19-3/h5-6,10,15H,4,7-9H2,1-3H3,(H,16,17). The molecule has 5 nitrogen and oxygen atoms in total. The van der Waals surface area contributed by atoms with Gasteiger partial charge in [0.2, 0.25) is 0 Å². The van der Waals surface area contributed by atoms with E-state index in [2.05, 4.69) is 17.6 Å². The molecule has 0 aliphatic heterocycles. The van der Waals surface area contributed by atoms with E-state index in [0.29, 0.717) is 23.6 Å². The van der Waals surface area contributed by atoms with Crippen LogP contribution in [0.5, 0.6) is 11.5 Å². The molecule has 1 amide bonds. The summed E-state index contributed by atoms with van der Waals surface area (Å²) >= 11 is 0. The topological polar surface area (TPSA) is 59.6 Å². The van der Waals surface area contributed by atoms with E-state index in [-0.39, 0.29) is 5.91 Å². The van der Waals surface area contributed by atoms with Gasteiger partial charge in [-0.15, -0.1) is 0 Å². The lowest BCUT2D eigenvalue weighted by molar-refractivity contribution is 0.0951. The Morgan fingerprint density at radius 1 is 1.16 bits per heavy atom. The van der Waals surface area contributed by atoms with E-state index >= 15 is 0 Å². The molecular weight excluding hydrogens is 244 g/mol. The molecule has 19 heavy (non-hydrogen) atoms. The van der Waals surface area contributed by atoms with Crippen LogP contribution >= 0.6 is 0 Å². The number of hydrogen-bond donors (Lipinski definition) is 2. The molecule has 1 rings (SSSR count). The van der Waals surface area contributed by atoms with E-state index < -0.39 is 0 Å². The number of amides is 1. The van der Waals surface area contributed by atoms with Crippen LogP contribution in [0.3, 0.4) is 0 Å². The summed E-state index contributed by atoms with van der Waals surface area (Å²) in [6.45, 7) is 4.42. The van der Waals surface area contributed by atoms with Gasteiger partial charge in [-0.1, -0.05) is 6.92 Å². The average molecular weight is 266 g/mol. The number of carbonyl (C=O) groups excluding carboxylic acids is 1. The van der Waals surface area contributed by atoms with Crippen LogP contribution in [-0.2, 0) is 0 Å². The van der Waals surface area contributed by atoms with Crippen molar-refractivity contribution in [2.75, 3.05) is 33.9 Å². The van der Waals surface area contributed by atoms with Crippen LogP contribution in [0.1, 0.15) is 23.7 Å². The molecule has 0 fully saturated rings. The fourth-order valence-electron chi connectivity index (χ4n) is 1.65. The van der Waals surface area contributed by atoms with Gasteiger partial charge >= 0.3 is 0 Å². The van der Waals surface area contributed by atoms with E-state index in [1.165, 1.54) is 7.11 Å². The maximum absolute atomic E-state index is 12.0. The van der Waals surface area contributed by atoms with Crippen molar-refractivity contribution in [1.82, 2.24) is 10.6 Å². The summed E-state index contributed by atoms with van der Waals surface area (Å²) in [5.41, 5.74) is 0.513. The third-order valence-electron chi connectivity index (χ3n) is 2.67. The van der Waals surface area contributed by atoms with Crippen molar-refractivity contribution in [3.8, 4) is 11.5 Å². The Morgan fingerprint density at radius 3 is 2.58 bits per heavy atom. The highest BCUT2D eigenvalue weighted by molar-refractivity contribution is 5.97. The maximum atomic E-state index is 12.0. The lowest BCUT2D eigenvalue weighted by Gasteiger charge is -2.11. The molecule has 1 aromatic rings. The molecule has 2 N–H and O–H groups in total. The van der Waals surface area contributed by atoms with E-state index in [1.807, 2.05) is 0 Å². The SMILES string of the molecule is CCCNCCNC(=O)c1ccc(OC)cc1OC. The van der Waals surface area contributed by atoms with Crippen LogP contribution in [0.2, 0.25) is 0 Å². The monoisotopic (exact) mass is 266 g/mol. The number of methoxy groups -OCH3 is 2. The van der Waals surface area contributed by atoms with Gasteiger partial charge in [-0.2, -0.15) is 0 Å². The third kappa shape index (κ3) is 4.79. The average Bonchev–Trinajstić information content (AvgIpc) is 2.46. The lowest BCUT2D eigenvalue weighted by atomic mass is 10.1. The Morgan fingerprint density at radius 2 is 1.95 bits per heavy atom. The Hall–Kier alpha value is -1.75. The summed E-state index contributed by atoms with van der Waals surface area (Å²) in [5.74, 6) is 1.04. The summed E-state index contributed by atoms with van der Waals surface area (Å²) in [4.78, 5) is 12.0. The zero-order chi connectivity index (χ0) is 14.1. The number of rotatable bonds is 8. The van der Waals surface area contributed by atoms with Crippen LogP contribution in [-0.4, -0.2) is 39.8 Å². The van der Waals surface area contributed by atoms with Gasteiger partial charge in [0.15, 0.2) is 0 Å². The fraction of sp³-hybridized carbons (Fsp3) is 0.500. The van der Waals surface area contributed by atoms with Crippen molar-refractivity contribution in [3.05, 3.63) is 23.8 Å². The summed E-state index contributed by atoms with van der Waals surface area (Å²) in [5, 5.41) is 6.07. The van der Waals surface area contributed by atoms with Gasteiger partial charge in [-0.25, -0.2) is 0 Å². The van der Waals surface area contributed by atoms with Crippen LogP contribution in [0, 0.1) is 0 Å². The summed E-state index contributed by atoms with van der Waals surface area (Å²) in [6, 6.07) is 5.14. The van der Waals surface area contributed by atoms with Gasteiger partial charge in [0.05, 0.1) is 19.8 Å². The van der Waals surface area contributed by atoms with Gasteiger partial charge in [0, 0.05) is 19.2 Å². The first-order valence-corrected chi connectivity index (χ1v) is 6.43. The van der Waals surface area contributed by atoms with Gasteiger partial charge in [-0.05, 0) is 25.1 Å². The van der Waals surface area contributed by atoms with Crippen LogP contribution in [0.15, 0.2) is 18.2 Å². The number of ether oxygens (including phenoxy) is 2. The normalized spacial score (nSPS) is 10.1. The molecule has 0 heterocycles. The molecule has 5 heteroatoms. The van der Waals surface area contributed by atoms with Crippen LogP contribution < -0.4 is 20.1 Å². The van der Waals surface area contributed by atoms with Gasteiger partial charge in [-0.3, -0.25) is 4.79 Å². The molecule has 106 valence electrons. The second kappa shape index (κ2) is 8.37. The molecule has 0 aliphatic carbocycles.